The Hall–Kier alpha value is -3.38. The van der Waals surface area contributed by atoms with E-state index in [4.69, 9.17) is 11.6 Å². The summed E-state index contributed by atoms with van der Waals surface area (Å²) in [5.74, 6) is -0.757. The Bertz CT molecular complexity index is 1250. The minimum Gasteiger partial charge on any atom is -0.352 e. The highest BCUT2D eigenvalue weighted by molar-refractivity contribution is 6.30. The zero-order valence-corrected chi connectivity index (χ0v) is 20.3. The van der Waals surface area contributed by atoms with Crippen molar-refractivity contribution in [1.82, 2.24) is 10.2 Å². The lowest BCUT2D eigenvalue weighted by molar-refractivity contribution is -0.139. The second kappa shape index (κ2) is 9.85. The van der Waals surface area contributed by atoms with Crippen LogP contribution in [0.25, 0.3) is 10.8 Å². The molecule has 1 aliphatic heterocycles. The molecule has 0 aromatic heterocycles. The van der Waals surface area contributed by atoms with Gasteiger partial charge in [0.1, 0.15) is 12.6 Å². The lowest BCUT2D eigenvalue weighted by Crippen LogP contribution is -2.52. The zero-order chi connectivity index (χ0) is 24.4. The maximum Gasteiger partial charge on any atom is 0.259 e. The van der Waals surface area contributed by atoms with Gasteiger partial charge in [0.15, 0.2) is 0 Å². The van der Waals surface area contributed by atoms with E-state index in [1.807, 2.05) is 56.3 Å². The molecule has 176 valence electrons. The first kappa shape index (κ1) is 23.8. The van der Waals surface area contributed by atoms with Crippen LogP contribution < -0.4 is 10.2 Å². The average Bonchev–Trinajstić information content (AvgIpc) is 3.10. The van der Waals surface area contributed by atoms with Crippen LogP contribution >= 0.6 is 11.6 Å². The third-order valence-electron chi connectivity index (χ3n) is 6.35. The van der Waals surface area contributed by atoms with E-state index >= 15 is 0 Å². The summed E-state index contributed by atoms with van der Waals surface area (Å²) in [6, 6.07) is 17.7. The van der Waals surface area contributed by atoms with Crippen LogP contribution in [-0.4, -0.2) is 41.2 Å². The van der Waals surface area contributed by atoms with E-state index < -0.39 is 6.04 Å². The van der Waals surface area contributed by atoms with Crippen LogP contribution in [0.4, 0.5) is 5.69 Å². The molecule has 2 atom stereocenters. The lowest BCUT2D eigenvalue weighted by atomic mass is 10.1. The summed E-state index contributed by atoms with van der Waals surface area (Å²) in [5.41, 5.74) is 2.11. The van der Waals surface area contributed by atoms with E-state index in [1.54, 1.807) is 25.1 Å². The standard InChI is InChI=1S/C27H28ClN3O3/c1-4-17(2)29-26(33)18(3)30(15-19-8-5-11-21(28)14-19)24(32)16-31-23-13-7-10-20-9-6-12-22(25(20)23)27(31)34/h5-14,17-18H,4,15-16H2,1-3H3,(H,29,33)/t17-,18-/m0/s1. The Morgan fingerprint density at radius 2 is 1.76 bits per heavy atom. The summed E-state index contributed by atoms with van der Waals surface area (Å²) < 4.78 is 0. The summed E-state index contributed by atoms with van der Waals surface area (Å²) in [6.45, 7) is 5.67. The third kappa shape index (κ3) is 4.64. The molecule has 7 heteroatoms. The first-order chi connectivity index (χ1) is 16.3. The van der Waals surface area contributed by atoms with Gasteiger partial charge in [-0.15, -0.1) is 0 Å². The molecule has 0 aliphatic carbocycles. The fraction of sp³-hybridized carbons (Fsp3) is 0.296. The second-order valence-electron chi connectivity index (χ2n) is 8.72. The van der Waals surface area contributed by atoms with Gasteiger partial charge in [0.05, 0.1) is 5.69 Å². The Kier molecular flexibility index (Phi) is 6.89. The molecule has 0 bridgehead atoms. The average molecular weight is 478 g/mol. The highest BCUT2D eigenvalue weighted by atomic mass is 35.5. The third-order valence-corrected chi connectivity index (χ3v) is 6.59. The zero-order valence-electron chi connectivity index (χ0n) is 19.5. The van der Waals surface area contributed by atoms with Gasteiger partial charge in [0.2, 0.25) is 11.8 Å². The maximum absolute atomic E-state index is 13.6. The van der Waals surface area contributed by atoms with Crippen LogP contribution in [0.2, 0.25) is 5.02 Å². The largest absolute Gasteiger partial charge is 0.352 e. The summed E-state index contributed by atoms with van der Waals surface area (Å²) in [5, 5.41) is 5.32. The number of nitrogens with one attached hydrogen (secondary N) is 1. The summed E-state index contributed by atoms with van der Waals surface area (Å²) in [7, 11) is 0. The summed E-state index contributed by atoms with van der Waals surface area (Å²) in [6.07, 6.45) is 0.783. The van der Waals surface area contributed by atoms with Gasteiger partial charge in [-0.05, 0) is 55.5 Å². The topological polar surface area (TPSA) is 69.7 Å². The van der Waals surface area contributed by atoms with Crippen molar-refractivity contribution >= 4 is 45.8 Å². The van der Waals surface area contributed by atoms with Gasteiger partial charge in [-0.25, -0.2) is 0 Å². The first-order valence-electron chi connectivity index (χ1n) is 11.5. The van der Waals surface area contributed by atoms with Crippen LogP contribution in [0.3, 0.4) is 0 Å². The van der Waals surface area contributed by atoms with Crippen LogP contribution in [0.1, 0.15) is 43.1 Å². The second-order valence-corrected chi connectivity index (χ2v) is 9.15. The number of rotatable bonds is 8. The quantitative estimate of drug-likeness (QED) is 0.507. The van der Waals surface area contributed by atoms with Crippen molar-refractivity contribution in [2.24, 2.45) is 0 Å². The van der Waals surface area contributed by atoms with Crippen molar-refractivity contribution in [2.45, 2.75) is 45.8 Å². The molecular weight excluding hydrogens is 450 g/mol. The molecule has 3 amide bonds. The van der Waals surface area contributed by atoms with Crippen molar-refractivity contribution in [1.29, 1.82) is 0 Å². The number of amides is 3. The number of benzene rings is 3. The number of anilines is 1. The van der Waals surface area contributed by atoms with Gasteiger partial charge < -0.3 is 10.2 Å². The molecule has 0 unspecified atom stereocenters. The van der Waals surface area contributed by atoms with Gasteiger partial charge in [-0.3, -0.25) is 19.3 Å². The number of hydrogen-bond donors (Lipinski definition) is 1. The number of carbonyl (C=O) groups is 3. The van der Waals surface area contributed by atoms with Crippen molar-refractivity contribution < 1.29 is 14.4 Å². The van der Waals surface area contributed by atoms with E-state index in [9.17, 15) is 14.4 Å². The Morgan fingerprint density at radius 1 is 1.06 bits per heavy atom. The Balaban J connectivity index is 1.62. The minimum absolute atomic E-state index is 0.00895. The van der Waals surface area contributed by atoms with Crippen molar-refractivity contribution in [3.8, 4) is 0 Å². The molecule has 34 heavy (non-hydrogen) atoms. The monoisotopic (exact) mass is 477 g/mol. The van der Waals surface area contributed by atoms with Gasteiger partial charge >= 0.3 is 0 Å². The molecular formula is C27H28ClN3O3. The fourth-order valence-electron chi connectivity index (χ4n) is 4.24. The molecule has 6 nitrogen and oxygen atoms in total. The molecule has 3 aromatic carbocycles. The van der Waals surface area contributed by atoms with E-state index in [-0.39, 0.29) is 36.9 Å². The SMILES string of the molecule is CC[C@H](C)NC(=O)[C@H](C)N(Cc1cccc(Cl)c1)C(=O)CN1C(=O)c2cccc3cccc1c23. The van der Waals surface area contributed by atoms with Gasteiger partial charge in [0.25, 0.3) is 5.91 Å². The maximum atomic E-state index is 13.6. The highest BCUT2D eigenvalue weighted by Crippen LogP contribution is 2.37. The molecule has 1 N–H and O–H groups in total. The van der Waals surface area contributed by atoms with Crippen LogP contribution in [-0.2, 0) is 16.1 Å². The highest BCUT2D eigenvalue weighted by Gasteiger charge is 2.34. The van der Waals surface area contributed by atoms with Crippen LogP contribution in [0, 0.1) is 0 Å². The molecule has 0 fully saturated rings. The molecule has 0 saturated heterocycles. The smallest absolute Gasteiger partial charge is 0.259 e. The fourth-order valence-corrected chi connectivity index (χ4v) is 4.46. The minimum atomic E-state index is -0.726. The molecule has 0 saturated carbocycles. The van der Waals surface area contributed by atoms with E-state index in [0.29, 0.717) is 16.3 Å². The Morgan fingerprint density at radius 3 is 2.47 bits per heavy atom. The molecule has 4 rings (SSSR count). The van der Waals surface area contributed by atoms with E-state index in [0.717, 1.165) is 22.8 Å². The van der Waals surface area contributed by atoms with Crippen molar-refractivity contribution in [2.75, 3.05) is 11.4 Å². The van der Waals surface area contributed by atoms with E-state index in [1.165, 1.54) is 9.80 Å². The van der Waals surface area contributed by atoms with Crippen LogP contribution in [0.15, 0.2) is 60.7 Å². The number of hydrogen-bond acceptors (Lipinski definition) is 3. The molecule has 0 spiro atoms. The summed E-state index contributed by atoms with van der Waals surface area (Å²) in [4.78, 5) is 42.8. The van der Waals surface area contributed by atoms with Gasteiger partial charge in [-0.1, -0.05) is 54.9 Å². The molecule has 3 aromatic rings. The molecule has 1 heterocycles. The van der Waals surface area contributed by atoms with Crippen molar-refractivity contribution in [3.05, 3.63) is 76.8 Å². The lowest BCUT2D eigenvalue weighted by Gasteiger charge is -2.31. The van der Waals surface area contributed by atoms with E-state index in [2.05, 4.69) is 5.32 Å². The van der Waals surface area contributed by atoms with Crippen LogP contribution in [0.5, 0.6) is 0 Å². The Labute approximate surface area is 204 Å². The number of nitrogens with zero attached hydrogens (tertiary/aromatic N) is 2. The number of halogens is 1. The first-order valence-corrected chi connectivity index (χ1v) is 11.9. The van der Waals surface area contributed by atoms with Gasteiger partial charge in [0, 0.05) is 28.6 Å². The number of carbonyl (C=O) groups excluding carboxylic acids is 3. The van der Waals surface area contributed by atoms with Gasteiger partial charge in [-0.2, -0.15) is 0 Å². The normalized spacial score (nSPS) is 14.2. The summed E-state index contributed by atoms with van der Waals surface area (Å²) >= 11 is 6.16. The molecule has 0 radical (unpaired) electrons. The predicted octanol–water partition coefficient (Wildman–Crippen LogP) is 4.79. The van der Waals surface area contributed by atoms with Crippen molar-refractivity contribution in [3.63, 3.8) is 0 Å². The predicted molar refractivity (Wildman–Crippen MR) is 135 cm³/mol. The molecule has 1 aliphatic rings.